The average molecular weight is 439 g/mol. The lowest BCUT2D eigenvalue weighted by molar-refractivity contribution is 0.139. The summed E-state index contributed by atoms with van der Waals surface area (Å²) >= 11 is 0. The molecule has 164 valence electrons. The number of carbonyl (C=O) groups excluding carboxylic acids is 1. The number of benzene rings is 2. The van der Waals surface area contributed by atoms with Gasteiger partial charge in [0.15, 0.2) is 0 Å². The topological polar surface area (TPSA) is 38.8 Å². The van der Waals surface area contributed by atoms with Crippen LogP contribution in [0.4, 0.5) is 25.0 Å². The van der Waals surface area contributed by atoms with Gasteiger partial charge in [-0.25, -0.2) is 13.6 Å². The molecule has 0 atom stereocenters. The van der Waals surface area contributed by atoms with E-state index in [0.717, 1.165) is 57.1 Å². The van der Waals surface area contributed by atoms with Crippen molar-refractivity contribution >= 4 is 29.8 Å². The predicted octanol–water partition coefficient (Wildman–Crippen LogP) is 4.26. The van der Waals surface area contributed by atoms with Crippen LogP contribution in [-0.4, -0.2) is 61.6 Å². The molecular weight excluding hydrogens is 410 g/mol. The number of hydrogen-bond donors (Lipinski definition) is 1. The van der Waals surface area contributed by atoms with Crippen LogP contribution in [0.15, 0.2) is 48.5 Å². The van der Waals surface area contributed by atoms with Crippen molar-refractivity contribution in [1.29, 1.82) is 0 Å². The number of nitrogens with zero attached hydrogens (tertiary/aromatic N) is 3. The summed E-state index contributed by atoms with van der Waals surface area (Å²) in [6, 6.07) is 12.7. The number of rotatable bonds is 7. The van der Waals surface area contributed by atoms with E-state index in [-0.39, 0.29) is 30.1 Å². The molecule has 5 nitrogen and oxygen atoms in total. The van der Waals surface area contributed by atoms with Crippen LogP contribution in [0.5, 0.6) is 0 Å². The van der Waals surface area contributed by atoms with Crippen LogP contribution in [0.2, 0.25) is 0 Å². The molecule has 1 aliphatic rings. The van der Waals surface area contributed by atoms with Crippen LogP contribution in [0.3, 0.4) is 0 Å². The van der Waals surface area contributed by atoms with Gasteiger partial charge in [-0.05, 0) is 68.4 Å². The number of hydrogen-bond acceptors (Lipinski definition) is 3. The maximum atomic E-state index is 13.3. The van der Waals surface area contributed by atoms with E-state index < -0.39 is 0 Å². The van der Waals surface area contributed by atoms with Crippen molar-refractivity contribution in [2.24, 2.45) is 0 Å². The SMILES string of the molecule is CCNC(=O)N1CCN(CCCN(c2ccc(F)cc2)c2ccc(F)cc2)CC1.Cl. The molecular formula is C22H29ClF2N4O. The first-order valence-corrected chi connectivity index (χ1v) is 10.1. The first-order valence-electron chi connectivity index (χ1n) is 10.1. The van der Waals surface area contributed by atoms with Gasteiger partial charge in [0.2, 0.25) is 0 Å². The summed E-state index contributed by atoms with van der Waals surface area (Å²) in [5, 5.41) is 2.84. The Labute approximate surface area is 183 Å². The highest BCUT2D eigenvalue weighted by molar-refractivity contribution is 5.85. The van der Waals surface area contributed by atoms with Crippen molar-refractivity contribution in [3.8, 4) is 0 Å². The van der Waals surface area contributed by atoms with Gasteiger partial charge < -0.3 is 15.1 Å². The van der Waals surface area contributed by atoms with Crippen LogP contribution in [0, 0.1) is 11.6 Å². The molecule has 30 heavy (non-hydrogen) atoms. The van der Waals surface area contributed by atoms with Gasteiger partial charge in [-0.2, -0.15) is 0 Å². The molecule has 1 heterocycles. The minimum absolute atomic E-state index is 0. The first-order chi connectivity index (χ1) is 14.1. The van der Waals surface area contributed by atoms with Crippen molar-refractivity contribution in [2.45, 2.75) is 13.3 Å². The quantitative estimate of drug-likeness (QED) is 0.702. The number of halogens is 3. The number of urea groups is 1. The Hall–Kier alpha value is -2.38. The average Bonchev–Trinajstić information content (AvgIpc) is 2.74. The Bertz CT molecular complexity index is 735. The first kappa shape index (κ1) is 23.9. The maximum Gasteiger partial charge on any atom is 0.317 e. The van der Waals surface area contributed by atoms with Crippen LogP contribution in [-0.2, 0) is 0 Å². The van der Waals surface area contributed by atoms with Crippen molar-refractivity contribution < 1.29 is 13.6 Å². The molecule has 1 fully saturated rings. The van der Waals surface area contributed by atoms with Crippen molar-refractivity contribution in [3.05, 3.63) is 60.2 Å². The second-order valence-electron chi connectivity index (χ2n) is 7.12. The highest BCUT2D eigenvalue weighted by atomic mass is 35.5. The lowest BCUT2D eigenvalue weighted by atomic mass is 10.2. The van der Waals surface area contributed by atoms with Crippen molar-refractivity contribution in [1.82, 2.24) is 15.1 Å². The molecule has 1 saturated heterocycles. The van der Waals surface area contributed by atoms with Crippen LogP contribution >= 0.6 is 12.4 Å². The Morgan fingerprint density at radius 3 is 1.90 bits per heavy atom. The summed E-state index contributed by atoms with van der Waals surface area (Å²) in [4.78, 5) is 18.2. The van der Waals surface area contributed by atoms with Gasteiger partial charge in [0.1, 0.15) is 11.6 Å². The Kier molecular flexibility index (Phi) is 9.33. The largest absolute Gasteiger partial charge is 0.341 e. The number of nitrogens with one attached hydrogen (secondary N) is 1. The molecule has 2 aromatic carbocycles. The summed E-state index contributed by atoms with van der Waals surface area (Å²) in [6.45, 7) is 7.35. The number of anilines is 2. The fourth-order valence-electron chi connectivity index (χ4n) is 3.54. The molecule has 0 bridgehead atoms. The monoisotopic (exact) mass is 438 g/mol. The van der Waals surface area contributed by atoms with Gasteiger partial charge in [0.05, 0.1) is 0 Å². The number of amides is 2. The highest BCUT2D eigenvalue weighted by Gasteiger charge is 2.20. The zero-order valence-electron chi connectivity index (χ0n) is 17.2. The predicted molar refractivity (Wildman–Crippen MR) is 119 cm³/mol. The second-order valence-corrected chi connectivity index (χ2v) is 7.12. The van der Waals surface area contributed by atoms with E-state index in [9.17, 15) is 13.6 Å². The molecule has 3 rings (SSSR count). The third-order valence-corrected chi connectivity index (χ3v) is 5.12. The van der Waals surface area contributed by atoms with E-state index in [1.54, 1.807) is 24.3 Å². The number of piperazine rings is 1. The fourth-order valence-corrected chi connectivity index (χ4v) is 3.54. The second kappa shape index (κ2) is 11.7. The van der Waals surface area contributed by atoms with Gasteiger partial charge >= 0.3 is 6.03 Å². The maximum absolute atomic E-state index is 13.3. The molecule has 0 radical (unpaired) electrons. The Morgan fingerprint density at radius 1 is 0.933 bits per heavy atom. The molecule has 0 aliphatic carbocycles. The van der Waals surface area contributed by atoms with Gasteiger partial charge in [-0.15, -0.1) is 12.4 Å². The molecule has 0 unspecified atom stereocenters. The Morgan fingerprint density at radius 2 is 1.43 bits per heavy atom. The summed E-state index contributed by atoms with van der Waals surface area (Å²) in [6.07, 6.45) is 0.899. The molecule has 2 aromatic rings. The molecule has 0 aromatic heterocycles. The van der Waals surface area contributed by atoms with E-state index >= 15 is 0 Å². The molecule has 8 heteroatoms. The lowest BCUT2D eigenvalue weighted by Gasteiger charge is -2.35. The lowest BCUT2D eigenvalue weighted by Crippen LogP contribution is -2.52. The minimum Gasteiger partial charge on any atom is -0.341 e. The van der Waals surface area contributed by atoms with E-state index in [2.05, 4.69) is 15.1 Å². The van der Waals surface area contributed by atoms with E-state index in [1.807, 2.05) is 11.8 Å². The van der Waals surface area contributed by atoms with Gasteiger partial charge in [-0.1, -0.05) is 0 Å². The number of carbonyl (C=O) groups is 1. The van der Waals surface area contributed by atoms with Crippen molar-refractivity contribution in [3.63, 3.8) is 0 Å². The minimum atomic E-state index is -0.280. The van der Waals surface area contributed by atoms with E-state index in [0.29, 0.717) is 6.54 Å². The normalized spacial score (nSPS) is 14.2. The van der Waals surface area contributed by atoms with Gasteiger partial charge in [0, 0.05) is 50.6 Å². The summed E-state index contributed by atoms with van der Waals surface area (Å²) < 4.78 is 26.7. The molecule has 0 saturated carbocycles. The summed E-state index contributed by atoms with van der Waals surface area (Å²) in [7, 11) is 0. The molecule has 0 spiro atoms. The Balaban J connectivity index is 0.00000320. The van der Waals surface area contributed by atoms with Crippen LogP contribution < -0.4 is 10.2 Å². The van der Waals surface area contributed by atoms with Crippen LogP contribution in [0.25, 0.3) is 0 Å². The third kappa shape index (κ3) is 6.57. The van der Waals surface area contributed by atoms with Crippen LogP contribution in [0.1, 0.15) is 13.3 Å². The zero-order valence-corrected chi connectivity index (χ0v) is 18.0. The summed E-state index contributed by atoms with van der Waals surface area (Å²) in [5.74, 6) is -0.560. The van der Waals surface area contributed by atoms with E-state index in [4.69, 9.17) is 0 Å². The smallest absolute Gasteiger partial charge is 0.317 e. The van der Waals surface area contributed by atoms with Gasteiger partial charge in [0.25, 0.3) is 0 Å². The zero-order chi connectivity index (χ0) is 20.6. The molecule has 1 aliphatic heterocycles. The van der Waals surface area contributed by atoms with E-state index in [1.165, 1.54) is 24.3 Å². The fraction of sp³-hybridized carbons (Fsp3) is 0.409. The third-order valence-electron chi connectivity index (χ3n) is 5.12. The standard InChI is InChI=1S/C22H28F2N4O.ClH/c1-2-25-22(29)27-16-14-26(15-17-27)12-3-13-28(20-8-4-18(23)5-9-20)21-10-6-19(24)7-11-21;/h4-11H,2-3,12-17H2,1H3,(H,25,29);1H. The van der Waals surface area contributed by atoms with Gasteiger partial charge in [-0.3, -0.25) is 4.90 Å². The molecule has 1 N–H and O–H groups in total. The van der Waals surface area contributed by atoms with Crippen molar-refractivity contribution in [2.75, 3.05) is 50.7 Å². The summed E-state index contributed by atoms with van der Waals surface area (Å²) in [5.41, 5.74) is 1.75. The molecule has 2 amide bonds. The highest BCUT2D eigenvalue weighted by Crippen LogP contribution is 2.26.